The Hall–Kier alpha value is -1.10. The SMILES string of the molecule is CCOC(=O)CN(C(=O)C1CCC(C)O1)C(C)C. The van der Waals surface area contributed by atoms with Gasteiger partial charge in [-0.1, -0.05) is 0 Å². The molecule has 0 N–H and O–H groups in total. The fourth-order valence-corrected chi connectivity index (χ4v) is 2.03. The van der Waals surface area contributed by atoms with Gasteiger partial charge in [0.1, 0.15) is 12.6 Å². The second-order valence-corrected chi connectivity index (χ2v) is 4.88. The minimum Gasteiger partial charge on any atom is -0.465 e. The molecule has 0 spiro atoms. The molecule has 1 saturated heterocycles. The second-order valence-electron chi connectivity index (χ2n) is 4.88. The van der Waals surface area contributed by atoms with Crippen molar-refractivity contribution >= 4 is 11.9 Å². The molecule has 1 rings (SSSR count). The van der Waals surface area contributed by atoms with E-state index in [1.807, 2.05) is 20.8 Å². The van der Waals surface area contributed by atoms with Gasteiger partial charge in [-0.25, -0.2) is 0 Å². The molecular weight excluding hydrogens is 234 g/mol. The third kappa shape index (κ3) is 3.98. The van der Waals surface area contributed by atoms with Crippen LogP contribution < -0.4 is 0 Å². The summed E-state index contributed by atoms with van der Waals surface area (Å²) in [6.45, 7) is 7.80. The second kappa shape index (κ2) is 6.73. The Morgan fingerprint density at radius 2 is 2.06 bits per heavy atom. The van der Waals surface area contributed by atoms with Crippen LogP contribution in [0.25, 0.3) is 0 Å². The maximum atomic E-state index is 12.3. The zero-order valence-electron chi connectivity index (χ0n) is 11.6. The van der Waals surface area contributed by atoms with Crippen LogP contribution in [0.4, 0.5) is 0 Å². The molecule has 0 aromatic rings. The van der Waals surface area contributed by atoms with E-state index in [4.69, 9.17) is 9.47 Å². The maximum Gasteiger partial charge on any atom is 0.325 e. The minimum absolute atomic E-state index is 0.00141. The molecule has 104 valence electrons. The molecule has 0 aliphatic carbocycles. The van der Waals surface area contributed by atoms with Crippen LogP contribution in [0.1, 0.15) is 40.5 Å². The van der Waals surface area contributed by atoms with Gasteiger partial charge in [-0.05, 0) is 40.5 Å². The number of hydrogen-bond donors (Lipinski definition) is 0. The lowest BCUT2D eigenvalue weighted by Gasteiger charge is -2.28. The first kappa shape index (κ1) is 15.0. The summed E-state index contributed by atoms with van der Waals surface area (Å²) in [5, 5.41) is 0. The van der Waals surface area contributed by atoms with E-state index < -0.39 is 6.10 Å². The molecule has 5 heteroatoms. The normalized spacial score (nSPS) is 23.2. The summed E-state index contributed by atoms with van der Waals surface area (Å²) in [4.78, 5) is 25.3. The molecule has 1 aliphatic heterocycles. The summed E-state index contributed by atoms with van der Waals surface area (Å²) < 4.78 is 10.4. The van der Waals surface area contributed by atoms with E-state index in [0.717, 1.165) is 12.8 Å². The van der Waals surface area contributed by atoms with Crippen LogP contribution in [0.2, 0.25) is 0 Å². The van der Waals surface area contributed by atoms with E-state index in [1.165, 1.54) is 4.90 Å². The highest BCUT2D eigenvalue weighted by molar-refractivity contribution is 5.85. The molecule has 1 amide bonds. The van der Waals surface area contributed by atoms with E-state index in [-0.39, 0.29) is 30.6 Å². The molecule has 2 unspecified atom stereocenters. The van der Waals surface area contributed by atoms with Crippen LogP contribution >= 0.6 is 0 Å². The first-order valence-electron chi connectivity index (χ1n) is 6.57. The smallest absolute Gasteiger partial charge is 0.325 e. The van der Waals surface area contributed by atoms with Gasteiger partial charge in [0, 0.05) is 6.04 Å². The summed E-state index contributed by atoms with van der Waals surface area (Å²) in [5.41, 5.74) is 0. The van der Waals surface area contributed by atoms with Gasteiger partial charge in [-0.15, -0.1) is 0 Å². The minimum atomic E-state index is -0.406. The van der Waals surface area contributed by atoms with Crippen molar-refractivity contribution < 1.29 is 19.1 Å². The van der Waals surface area contributed by atoms with Gasteiger partial charge in [0.15, 0.2) is 0 Å². The van der Waals surface area contributed by atoms with Crippen LogP contribution in [-0.2, 0) is 19.1 Å². The van der Waals surface area contributed by atoms with E-state index in [0.29, 0.717) is 6.61 Å². The van der Waals surface area contributed by atoms with E-state index in [9.17, 15) is 9.59 Å². The highest BCUT2D eigenvalue weighted by Crippen LogP contribution is 2.21. The van der Waals surface area contributed by atoms with E-state index in [1.54, 1.807) is 6.92 Å². The topological polar surface area (TPSA) is 55.8 Å². The standard InChI is InChI=1S/C13H23NO4/c1-5-17-12(15)8-14(9(2)3)13(16)11-7-6-10(4)18-11/h9-11H,5-8H2,1-4H3. The fraction of sp³-hybridized carbons (Fsp3) is 0.846. The number of nitrogens with zero attached hydrogens (tertiary/aromatic N) is 1. The van der Waals surface area contributed by atoms with Crippen LogP contribution in [0.5, 0.6) is 0 Å². The molecule has 0 aromatic carbocycles. The quantitative estimate of drug-likeness (QED) is 0.698. The molecule has 0 bridgehead atoms. The molecule has 0 saturated carbocycles. The number of hydrogen-bond acceptors (Lipinski definition) is 4. The van der Waals surface area contributed by atoms with Crippen molar-refractivity contribution in [2.45, 2.75) is 58.8 Å². The Kier molecular flexibility index (Phi) is 5.59. The highest BCUT2D eigenvalue weighted by Gasteiger charge is 2.33. The van der Waals surface area contributed by atoms with Crippen molar-refractivity contribution in [3.63, 3.8) is 0 Å². The predicted octanol–water partition coefficient (Wildman–Crippen LogP) is 1.35. The number of amides is 1. The molecule has 18 heavy (non-hydrogen) atoms. The zero-order chi connectivity index (χ0) is 13.7. The molecule has 1 heterocycles. The van der Waals surface area contributed by atoms with Crippen molar-refractivity contribution in [3.05, 3.63) is 0 Å². The van der Waals surface area contributed by atoms with Crippen LogP contribution in [-0.4, -0.2) is 48.2 Å². The molecule has 0 aromatic heterocycles. The van der Waals surface area contributed by atoms with Gasteiger partial charge >= 0.3 is 5.97 Å². The first-order valence-corrected chi connectivity index (χ1v) is 6.57. The molecule has 2 atom stereocenters. The molecule has 1 aliphatic rings. The Morgan fingerprint density at radius 1 is 1.39 bits per heavy atom. The summed E-state index contributed by atoms with van der Waals surface area (Å²) in [7, 11) is 0. The zero-order valence-corrected chi connectivity index (χ0v) is 11.6. The largest absolute Gasteiger partial charge is 0.465 e. The van der Waals surface area contributed by atoms with E-state index >= 15 is 0 Å². The summed E-state index contributed by atoms with van der Waals surface area (Å²) >= 11 is 0. The predicted molar refractivity (Wildman–Crippen MR) is 67.1 cm³/mol. The number of rotatable bonds is 5. The third-order valence-corrected chi connectivity index (χ3v) is 3.02. The van der Waals surface area contributed by atoms with Crippen LogP contribution in [0.3, 0.4) is 0 Å². The lowest BCUT2D eigenvalue weighted by Crippen LogP contribution is -2.46. The Balaban J connectivity index is 2.61. The van der Waals surface area contributed by atoms with Crippen molar-refractivity contribution in [3.8, 4) is 0 Å². The average molecular weight is 257 g/mol. The van der Waals surface area contributed by atoms with Gasteiger partial charge < -0.3 is 14.4 Å². The Morgan fingerprint density at radius 3 is 2.50 bits per heavy atom. The van der Waals surface area contributed by atoms with Crippen molar-refractivity contribution in [1.82, 2.24) is 4.90 Å². The molecule has 1 fully saturated rings. The lowest BCUT2D eigenvalue weighted by molar-refractivity contribution is -0.154. The molecule has 5 nitrogen and oxygen atoms in total. The van der Waals surface area contributed by atoms with Gasteiger partial charge in [-0.2, -0.15) is 0 Å². The van der Waals surface area contributed by atoms with Gasteiger partial charge in [0.25, 0.3) is 5.91 Å². The fourth-order valence-electron chi connectivity index (χ4n) is 2.03. The van der Waals surface area contributed by atoms with Crippen molar-refractivity contribution in [2.24, 2.45) is 0 Å². The summed E-state index contributed by atoms with van der Waals surface area (Å²) in [6.07, 6.45) is 1.33. The van der Waals surface area contributed by atoms with Crippen LogP contribution in [0, 0.1) is 0 Å². The highest BCUT2D eigenvalue weighted by atomic mass is 16.5. The number of esters is 1. The monoisotopic (exact) mass is 257 g/mol. The summed E-state index contributed by atoms with van der Waals surface area (Å²) in [5.74, 6) is -0.479. The van der Waals surface area contributed by atoms with Gasteiger partial charge in [-0.3, -0.25) is 9.59 Å². The number of carbonyl (C=O) groups is 2. The maximum absolute atomic E-state index is 12.3. The first-order chi connectivity index (χ1) is 8.45. The average Bonchev–Trinajstić information content (AvgIpc) is 2.72. The number of carbonyl (C=O) groups excluding carboxylic acids is 2. The molecular formula is C13H23NO4. The van der Waals surface area contributed by atoms with Gasteiger partial charge in [0.2, 0.25) is 0 Å². The Labute approximate surface area is 108 Å². The number of ether oxygens (including phenoxy) is 2. The van der Waals surface area contributed by atoms with Crippen molar-refractivity contribution in [2.75, 3.05) is 13.2 Å². The molecule has 0 radical (unpaired) electrons. The summed E-state index contributed by atoms with van der Waals surface area (Å²) in [6, 6.07) is -0.0404. The van der Waals surface area contributed by atoms with Gasteiger partial charge in [0.05, 0.1) is 12.7 Å². The third-order valence-electron chi connectivity index (χ3n) is 3.02. The Bertz CT molecular complexity index is 303. The van der Waals surface area contributed by atoms with E-state index in [2.05, 4.69) is 0 Å². The van der Waals surface area contributed by atoms with Crippen molar-refractivity contribution in [1.29, 1.82) is 0 Å². The van der Waals surface area contributed by atoms with Crippen LogP contribution in [0.15, 0.2) is 0 Å². The lowest BCUT2D eigenvalue weighted by atomic mass is 10.1.